The topological polar surface area (TPSA) is 113 Å². The summed E-state index contributed by atoms with van der Waals surface area (Å²) >= 11 is 0. The van der Waals surface area contributed by atoms with E-state index in [0.29, 0.717) is 0 Å². The van der Waals surface area contributed by atoms with E-state index < -0.39 is 34.2 Å². The molecule has 1 saturated heterocycles. The average Bonchev–Trinajstić information content (AvgIpc) is 2.27. The van der Waals surface area contributed by atoms with Gasteiger partial charge in [-0.1, -0.05) is 0 Å². The lowest BCUT2D eigenvalue weighted by Crippen LogP contribution is -2.51. The molecule has 1 aliphatic rings. The lowest BCUT2D eigenvalue weighted by molar-refractivity contribution is -0.143. The first-order valence-corrected chi connectivity index (χ1v) is 7.41. The number of amides is 1. The van der Waals surface area contributed by atoms with E-state index in [1.807, 2.05) is 0 Å². The number of nitrogens with one attached hydrogen (secondary N) is 1. The third-order valence-corrected chi connectivity index (χ3v) is 4.55. The van der Waals surface area contributed by atoms with Gasteiger partial charge in [0.2, 0.25) is 0 Å². The van der Waals surface area contributed by atoms with E-state index in [2.05, 4.69) is 4.74 Å². The largest absolute Gasteiger partial charge is 0.481 e. The van der Waals surface area contributed by atoms with Crippen molar-refractivity contribution in [3.63, 3.8) is 0 Å². The molecular weight excluding hydrogens is 276 g/mol. The standard InChI is InChI=1S/C10H18N2O6S/c1-3-18-10(15)11-19(16,17)12-5-4-8(9(13)14)6-7(12)2/h7-8H,3-6H2,1-2H3,(H,11,15)(H,13,14). The number of ether oxygens (including phenoxy) is 1. The van der Waals surface area contributed by atoms with E-state index in [9.17, 15) is 18.0 Å². The minimum atomic E-state index is -3.99. The van der Waals surface area contributed by atoms with Crippen LogP contribution in [0.5, 0.6) is 0 Å². The first-order valence-electron chi connectivity index (χ1n) is 5.97. The molecule has 8 nitrogen and oxygen atoms in total. The minimum absolute atomic E-state index is 0.0624. The van der Waals surface area contributed by atoms with Crippen LogP contribution in [0.2, 0.25) is 0 Å². The Balaban J connectivity index is 2.70. The Morgan fingerprint density at radius 2 is 2.11 bits per heavy atom. The summed E-state index contributed by atoms with van der Waals surface area (Å²) in [6, 6.07) is -0.484. The molecule has 0 saturated carbocycles. The van der Waals surface area contributed by atoms with Crippen LogP contribution >= 0.6 is 0 Å². The fourth-order valence-corrected chi connectivity index (χ4v) is 3.35. The van der Waals surface area contributed by atoms with E-state index in [1.54, 1.807) is 18.6 Å². The van der Waals surface area contributed by atoms with Crippen LogP contribution in [0.15, 0.2) is 0 Å². The van der Waals surface area contributed by atoms with Gasteiger partial charge in [-0.2, -0.15) is 12.7 Å². The van der Waals surface area contributed by atoms with Gasteiger partial charge in [0.1, 0.15) is 0 Å². The Bertz CT molecular complexity index is 449. The van der Waals surface area contributed by atoms with Crippen LogP contribution in [-0.2, 0) is 19.7 Å². The molecule has 0 spiro atoms. The maximum atomic E-state index is 11.9. The highest BCUT2D eigenvalue weighted by molar-refractivity contribution is 7.87. The van der Waals surface area contributed by atoms with Gasteiger partial charge < -0.3 is 9.84 Å². The first-order chi connectivity index (χ1) is 8.77. The molecule has 0 aliphatic carbocycles. The SMILES string of the molecule is CCOC(=O)NS(=O)(=O)N1CCC(C(=O)O)CC1C. The van der Waals surface area contributed by atoms with Gasteiger partial charge in [0.15, 0.2) is 0 Å². The van der Waals surface area contributed by atoms with Crippen molar-refractivity contribution in [2.75, 3.05) is 13.2 Å². The average molecular weight is 294 g/mol. The molecule has 9 heteroatoms. The van der Waals surface area contributed by atoms with E-state index in [4.69, 9.17) is 5.11 Å². The molecule has 1 aliphatic heterocycles. The second-order valence-electron chi connectivity index (χ2n) is 4.35. The summed E-state index contributed by atoms with van der Waals surface area (Å²) in [6.45, 7) is 3.30. The molecular formula is C10H18N2O6S. The predicted octanol–water partition coefficient (Wildman–Crippen LogP) is 0.162. The van der Waals surface area contributed by atoms with Gasteiger partial charge in [0.05, 0.1) is 12.5 Å². The molecule has 1 rings (SSSR count). The van der Waals surface area contributed by atoms with Crippen LogP contribution in [0, 0.1) is 5.92 Å². The lowest BCUT2D eigenvalue weighted by atomic mass is 9.93. The van der Waals surface area contributed by atoms with Crippen molar-refractivity contribution in [2.24, 2.45) is 5.92 Å². The Hall–Kier alpha value is -1.35. The van der Waals surface area contributed by atoms with Gasteiger partial charge in [-0.05, 0) is 26.7 Å². The van der Waals surface area contributed by atoms with Gasteiger partial charge in [-0.25, -0.2) is 9.52 Å². The molecule has 0 aromatic carbocycles. The normalized spacial score (nSPS) is 24.7. The number of piperidine rings is 1. The van der Waals surface area contributed by atoms with Crippen LogP contribution in [0.1, 0.15) is 26.7 Å². The number of aliphatic carboxylic acids is 1. The highest BCUT2D eigenvalue weighted by Gasteiger charge is 2.36. The number of nitrogens with zero attached hydrogens (tertiary/aromatic N) is 1. The molecule has 1 amide bonds. The molecule has 0 radical (unpaired) electrons. The first kappa shape index (κ1) is 15.7. The summed E-state index contributed by atoms with van der Waals surface area (Å²) in [7, 11) is -3.99. The smallest absolute Gasteiger partial charge is 0.421 e. The third-order valence-electron chi connectivity index (χ3n) is 2.96. The maximum Gasteiger partial charge on any atom is 0.421 e. The third kappa shape index (κ3) is 4.06. The van der Waals surface area contributed by atoms with Crippen molar-refractivity contribution in [2.45, 2.75) is 32.7 Å². The minimum Gasteiger partial charge on any atom is -0.481 e. The number of rotatable bonds is 4. The fraction of sp³-hybridized carbons (Fsp3) is 0.800. The summed E-state index contributed by atoms with van der Waals surface area (Å²) in [4.78, 5) is 22.0. The molecule has 2 N–H and O–H groups in total. The number of hydrogen-bond donors (Lipinski definition) is 2. The Morgan fingerprint density at radius 1 is 1.47 bits per heavy atom. The van der Waals surface area contributed by atoms with Crippen molar-refractivity contribution >= 4 is 22.3 Å². The number of carbonyl (C=O) groups is 2. The lowest BCUT2D eigenvalue weighted by Gasteiger charge is -2.34. The molecule has 2 atom stereocenters. The summed E-state index contributed by atoms with van der Waals surface area (Å²) in [5, 5.41) is 8.90. The molecule has 1 heterocycles. The van der Waals surface area contributed by atoms with E-state index >= 15 is 0 Å². The maximum absolute atomic E-state index is 11.9. The highest BCUT2D eigenvalue weighted by Crippen LogP contribution is 2.24. The molecule has 2 unspecified atom stereocenters. The predicted molar refractivity (Wildman–Crippen MR) is 65.6 cm³/mol. The van der Waals surface area contributed by atoms with Crippen molar-refractivity contribution < 1.29 is 27.9 Å². The Morgan fingerprint density at radius 3 is 2.58 bits per heavy atom. The number of carbonyl (C=O) groups excluding carboxylic acids is 1. The van der Waals surface area contributed by atoms with Crippen LogP contribution in [0.25, 0.3) is 0 Å². The zero-order chi connectivity index (χ0) is 14.6. The molecule has 0 aromatic rings. The van der Waals surface area contributed by atoms with Gasteiger partial charge in [0.25, 0.3) is 0 Å². The van der Waals surface area contributed by atoms with Crippen LogP contribution in [-0.4, -0.2) is 49.1 Å². The summed E-state index contributed by atoms with van der Waals surface area (Å²) in [5.74, 6) is -1.48. The second-order valence-corrected chi connectivity index (χ2v) is 5.97. The second kappa shape index (κ2) is 6.20. The number of carboxylic acids is 1. The Labute approximate surface area is 111 Å². The summed E-state index contributed by atoms with van der Waals surface area (Å²) in [5.41, 5.74) is 0. The van der Waals surface area contributed by atoms with Crippen LogP contribution in [0.4, 0.5) is 4.79 Å². The number of hydrogen-bond acceptors (Lipinski definition) is 5. The van der Waals surface area contributed by atoms with E-state index in [1.165, 1.54) is 0 Å². The van der Waals surface area contributed by atoms with Gasteiger partial charge in [-0.3, -0.25) is 4.79 Å². The quantitative estimate of drug-likeness (QED) is 0.763. The number of carboxylic acid groups (broad SMARTS) is 1. The van der Waals surface area contributed by atoms with Crippen molar-refractivity contribution in [1.29, 1.82) is 0 Å². The fourth-order valence-electron chi connectivity index (χ4n) is 2.06. The van der Waals surface area contributed by atoms with E-state index in [-0.39, 0.29) is 26.0 Å². The molecule has 1 fully saturated rings. The van der Waals surface area contributed by atoms with Crippen LogP contribution in [0.3, 0.4) is 0 Å². The monoisotopic (exact) mass is 294 g/mol. The zero-order valence-corrected chi connectivity index (χ0v) is 11.6. The summed E-state index contributed by atoms with van der Waals surface area (Å²) in [6.07, 6.45) is -0.585. The molecule has 19 heavy (non-hydrogen) atoms. The molecule has 0 aromatic heterocycles. The van der Waals surface area contributed by atoms with Crippen molar-refractivity contribution in [1.82, 2.24) is 9.03 Å². The van der Waals surface area contributed by atoms with Crippen molar-refractivity contribution in [3.8, 4) is 0 Å². The van der Waals surface area contributed by atoms with E-state index in [0.717, 1.165) is 4.31 Å². The molecule has 0 bridgehead atoms. The van der Waals surface area contributed by atoms with Gasteiger partial charge in [-0.15, -0.1) is 0 Å². The van der Waals surface area contributed by atoms with Crippen LogP contribution < -0.4 is 4.72 Å². The van der Waals surface area contributed by atoms with Gasteiger partial charge in [0, 0.05) is 12.6 Å². The molecule has 110 valence electrons. The van der Waals surface area contributed by atoms with Gasteiger partial charge >= 0.3 is 22.3 Å². The summed E-state index contributed by atoms with van der Waals surface area (Å²) < 4.78 is 31.2. The van der Waals surface area contributed by atoms with Crippen molar-refractivity contribution in [3.05, 3.63) is 0 Å². The Kier molecular flexibility index (Phi) is 5.12. The zero-order valence-electron chi connectivity index (χ0n) is 10.8. The highest BCUT2D eigenvalue weighted by atomic mass is 32.2.